The molecule has 1 aliphatic heterocycles. The van der Waals surface area contributed by atoms with Gasteiger partial charge in [0.2, 0.25) is 0 Å². The fourth-order valence-corrected chi connectivity index (χ4v) is 5.33. The van der Waals surface area contributed by atoms with E-state index in [1.165, 1.54) is 16.7 Å². The second-order valence-corrected chi connectivity index (χ2v) is 10.8. The van der Waals surface area contributed by atoms with Crippen LogP contribution >= 0.6 is 24.0 Å². The van der Waals surface area contributed by atoms with Crippen molar-refractivity contribution < 1.29 is 19.1 Å². The quantitative estimate of drug-likeness (QED) is 0.176. The maximum atomic E-state index is 13.3. The highest BCUT2D eigenvalue weighted by molar-refractivity contribution is 8.27. The normalized spacial score (nSPS) is 13.9. The van der Waals surface area contributed by atoms with Crippen LogP contribution in [0.1, 0.15) is 16.7 Å². The van der Waals surface area contributed by atoms with Crippen molar-refractivity contribution in [2.75, 3.05) is 16.8 Å². The van der Waals surface area contributed by atoms with E-state index in [1.807, 2.05) is 98.8 Å². The molecule has 1 aliphatic rings. The van der Waals surface area contributed by atoms with Gasteiger partial charge in [-0.15, -0.1) is 0 Å². The maximum absolute atomic E-state index is 13.3. The van der Waals surface area contributed by atoms with Crippen molar-refractivity contribution in [1.29, 1.82) is 0 Å². The van der Waals surface area contributed by atoms with E-state index in [1.54, 1.807) is 18.2 Å². The van der Waals surface area contributed by atoms with Crippen LogP contribution in [-0.2, 0) is 9.59 Å². The van der Waals surface area contributed by atoms with Crippen LogP contribution in [0.5, 0.6) is 17.2 Å². The second kappa shape index (κ2) is 12.2. The van der Waals surface area contributed by atoms with Crippen LogP contribution in [-0.4, -0.2) is 22.7 Å². The number of rotatable bonds is 8. The van der Waals surface area contributed by atoms with Gasteiger partial charge in [0.05, 0.1) is 10.6 Å². The minimum Gasteiger partial charge on any atom is -0.484 e. The zero-order valence-electron chi connectivity index (χ0n) is 21.9. The molecule has 1 fully saturated rings. The molecule has 4 aromatic rings. The summed E-state index contributed by atoms with van der Waals surface area (Å²) in [5, 5.41) is 2.89. The van der Waals surface area contributed by atoms with Crippen molar-refractivity contribution in [1.82, 2.24) is 0 Å². The Morgan fingerprint density at radius 2 is 1.62 bits per heavy atom. The average molecular weight is 567 g/mol. The molecule has 0 radical (unpaired) electrons. The zero-order chi connectivity index (χ0) is 28.1. The van der Waals surface area contributed by atoms with Crippen LogP contribution in [0.2, 0.25) is 0 Å². The van der Waals surface area contributed by atoms with E-state index in [0.717, 1.165) is 28.1 Å². The molecule has 40 heavy (non-hydrogen) atoms. The van der Waals surface area contributed by atoms with Gasteiger partial charge in [-0.1, -0.05) is 66.4 Å². The highest BCUT2D eigenvalue weighted by Crippen LogP contribution is 2.37. The van der Waals surface area contributed by atoms with Gasteiger partial charge < -0.3 is 14.8 Å². The molecule has 8 heteroatoms. The van der Waals surface area contributed by atoms with Crippen LogP contribution < -0.4 is 19.7 Å². The smallest absolute Gasteiger partial charge is 0.270 e. The van der Waals surface area contributed by atoms with E-state index in [2.05, 4.69) is 5.32 Å². The maximum Gasteiger partial charge on any atom is 0.270 e. The summed E-state index contributed by atoms with van der Waals surface area (Å²) in [6.07, 6.45) is 1.77. The number of nitrogens with one attached hydrogen (secondary N) is 1. The topological polar surface area (TPSA) is 67.9 Å². The number of benzene rings is 4. The van der Waals surface area contributed by atoms with Crippen molar-refractivity contribution >= 4 is 57.6 Å². The summed E-state index contributed by atoms with van der Waals surface area (Å²) >= 11 is 6.76. The molecule has 200 valence electrons. The van der Waals surface area contributed by atoms with E-state index in [-0.39, 0.29) is 18.4 Å². The number of thiocarbonyl (C=S) groups is 1. The van der Waals surface area contributed by atoms with Crippen molar-refractivity contribution in [3.05, 3.63) is 119 Å². The first-order valence-electron chi connectivity index (χ1n) is 12.6. The summed E-state index contributed by atoms with van der Waals surface area (Å²) in [5.41, 5.74) is 4.24. The minimum atomic E-state index is -0.250. The van der Waals surface area contributed by atoms with Crippen LogP contribution in [0, 0.1) is 13.8 Å². The van der Waals surface area contributed by atoms with Gasteiger partial charge in [-0.25, -0.2) is 0 Å². The van der Waals surface area contributed by atoms with E-state index in [0.29, 0.717) is 26.4 Å². The molecule has 0 spiro atoms. The summed E-state index contributed by atoms with van der Waals surface area (Å²) in [6, 6.07) is 29.9. The third-order valence-electron chi connectivity index (χ3n) is 6.06. The van der Waals surface area contributed by atoms with E-state index in [4.69, 9.17) is 21.7 Å². The lowest BCUT2D eigenvalue weighted by Crippen LogP contribution is -2.27. The number of ether oxygens (including phenoxy) is 2. The van der Waals surface area contributed by atoms with Gasteiger partial charge in [-0.05, 0) is 91.2 Å². The molecule has 6 nitrogen and oxygen atoms in total. The number of aryl methyl sites for hydroxylation is 2. The Kier molecular flexibility index (Phi) is 8.28. The molecule has 2 amide bonds. The molecule has 0 aromatic heterocycles. The Bertz CT molecular complexity index is 1600. The predicted octanol–water partition coefficient (Wildman–Crippen LogP) is 7.52. The molecule has 1 saturated heterocycles. The number of carbonyl (C=O) groups is 2. The number of carbonyl (C=O) groups excluding carboxylic acids is 2. The Labute approximate surface area is 242 Å². The molecule has 0 aliphatic carbocycles. The first kappa shape index (κ1) is 27.2. The van der Waals surface area contributed by atoms with Crippen molar-refractivity contribution in [3.63, 3.8) is 0 Å². The molecular formula is C32H26N2O4S2. The van der Waals surface area contributed by atoms with Crippen LogP contribution in [0.3, 0.4) is 0 Å². The zero-order valence-corrected chi connectivity index (χ0v) is 23.6. The fraction of sp³-hybridized carbons (Fsp3) is 0.0938. The number of hydrogen-bond donors (Lipinski definition) is 1. The Morgan fingerprint density at radius 3 is 2.40 bits per heavy atom. The van der Waals surface area contributed by atoms with Crippen molar-refractivity contribution in [2.24, 2.45) is 0 Å². The summed E-state index contributed by atoms with van der Waals surface area (Å²) in [6.45, 7) is 3.78. The van der Waals surface area contributed by atoms with Gasteiger partial charge in [0.1, 0.15) is 17.2 Å². The predicted molar refractivity (Wildman–Crippen MR) is 165 cm³/mol. The third kappa shape index (κ3) is 6.59. The third-order valence-corrected chi connectivity index (χ3v) is 7.36. The van der Waals surface area contributed by atoms with E-state index >= 15 is 0 Å². The highest BCUT2D eigenvalue weighted by atomic mass is 32.2. The fourth-order valence-electron chi connectivity index (χ4n) is 4.03. The SMILES string of the molecule is Cc1ccc(C)c(NC(=O)COc2cccc(/C=C3\SC(=S)N(c4ccc(Oc5ccccc5)cc4)C3=O)c2)c1. The summed E-state index contributed by atoms with van der Waals surface area (Å²) < 4.78 is 12.0. The molecule has 0 unspecified atom stereocenters. The molecule has 0 bridgehead atoms. The van der Waals surface area contributed by atoms with Crippen LogP contribution in [0.4, 0.5) is 11.4 Å². The largest absolute Gasteiger partial charge is 0.484 e. The highest BCUT2D eigenvalue weighted by Gasteiger charge is 2.33. The van der Waals surface area contributed by atoms with Crippen molar-refractivity contribution in [2.45, 2.75) is 13.8 Å². The molecular weight excluding hydrogens is 540 g/mol. The number of para-hydroxylation sites is 1. The minimum absolute atomic E-state index is 0.136. The number of amides is 2. The summed E-state index contributed by atoms with van der Waals surface area (Å²) in [5.74, 6) is 1.47. The van der Waals surface area contributed by atoms with Gasteiger partial charge in [0, 0.05) is 5.69 Å². The Hall–Kier alpha value is -4.40. The standard InChI is InChI=1S/C32H26N2O4S2/c1-21-11-12-22(2)28(17-21)33-30(35)20-37-27-10-6-7-23(18-27)19-29-31(36)34(32(39)40-29)24-13-15-26(16-14-24)38-25-8-4-3-5-9-25/h3-19H,20H2,1-2H3,(H,33,35)/b29-19-. The van der Waals surface area contributed by atoms with E-state index < -0.39 is 0 Å². The molecule has 5 rings (SSSR count). The van der Waals surface area contributed by atoms with Gasteiger partial charge in [0.15, 0.2) is 10.9 Å². The average Bonchev–Trinajstić information content (AvgIpc) is 3.23. The molecule has 0 saturated carbocycles. The number of anilines is 2. The van der Waals surface area contributed by atoms with Crippen LogP contribution in [0.25, 0.3) is 6.08 Å². The second-order valence-electron chi connectivity index (χ2n) is 9.15. The van der Waals surface area contributed by atoms with E-state index in [9.17, 15) is 9.59 Å². The van der Waals surface area contributed by atoms with Gasteiger partial charge in [0.25, 0.3) is 11.8 Å². The van der Waals surface area contributed by atoms with Crippen molar-refractivity contribution in [3.8, 4) is 17.2 Å². The Morgan fingerprint density at radius 1 is 0.900 bits per heavy atom. The summed E-state index contributed by atoms with van der Waals surface area (Å²) in [4.78, 5) is 27.7. The molecule has 1 N–H and O–H groups in total. The number of thioether (sulfide) groups is 1. The first-order valence-corrected chi connectivity index (χ1v) is 13.8. The lowest BCUT2D eigenvalue weighted by Gasteiger charge is -2.15. The number of nitrogens with zero attached hydrogens (tertiary/aromatic N) is 1. The molecule has 1 heterocycles. The van der Waals surface area contributed by atoms with Crippen LogP contribution in [0.15, 0.2) is 102 Å². The number of hydrogen-bond acceptors (Lipinski definition) is 6. The van der Waals surface area contributed by atoms with Gasteiger partial charge in [-0.2, -0.15) is 0 Å². The first-order chi connectivity index (χ1) is 19.4. The lowest BCUT2D eigenvalue weighted by atomic mass is 10.1. The molecule has 0 atom stereocenters. The Balaban J connectivity index is 1.22. The van der Waals surface area contributed by atoms with Gasteiger partial charge in [-0.3, -0.25) is 14.5 Å². The summed E-state index contributed by atoms with van der Waals surface area (Å²) in [7, 11) is 0. The van der Waals surface area contributed by atoms with Gasteiger partial charge >= 0.3 is 0 Å². The molecule has 4 aromatic carbocycles. The monoisotopic (exact) mass is 566 g/mol. The lowest BCUT2D eigenvalue weighted by molar-refractivity contribution is -0.118.